The maximum atomic E-state index is 11.9. The van der Waals surface area contributed by atoms with E-state index in [-0.39, 0.29) is 5.91 Å². The van der Waals surface area contributed by atoms with Crippen LogP contribution in [-0.2, 0) is 9.59 Å². The first kappa shape index (κ1) is 13.0. The molecule has 1 rings (SSSR count). The molecule has 2 unspecified atom stereocenters. The van der Waals surface area contributed by atoms with Crippen LogP contribution < -0.4 is 5.32 Å². The van der Waals surface area contributed by atoms with Crippen molar-refractivity contribution >= 4 is 11.9 Å². The number of nitrogens with zero attached hydrogens (tertiary/aromatic N) is 1. The molecule has 0 spiro atoms. The molecule has 1 amide bonds. The second-order valence-electron chi connectivity index (χ2n) is 4.33. The third kappa shape index (κ3) is 3.48. The standard InChI is InChI=1S/C11H20N2O3/c1-8(12-9(2)11(15)16)10(14)13-6-4-3-5-7-13/h8-9,12H,3-7H2,1-2H3,(H,15,16). The van der Waals surface area contributed by atoms with E-state index in [9.17, 15) is 9.59 Å². The van der Waals surface area contributed by atoms with E-state index in [1.54, 1.807) is 13.8 Å². The molecule has 2 atom stereocenters. The Morgan fingerprint density at radius 3 is 2.19 bits per heavy atom. The lowest BCUT2D eigenvalue weighted by Crippen LogP contribution is -2.50. The second kappa shape index (κ2) is 5.84. The highest BCUT2D eigenvalue weighted by molar-refractivity contribution is 5.82. The van der Waals surface area contributed by atoms with Crippen molar-refractivity contribution in [3.05, 3.63) is 0 Å². The van der Waals surface area contributed by atoms with Crippen LogP contribution in [-0.4, -0.2) is 47.1 Å². The quantitative estimate of drug-likeness (QED) is 0.733. The number of amides is 1. The number of carboxylic acids is 1. The maximum Gasteiger partial charge on any atom is 0.320 e. The van der Waals surface area contributed by atoms with Crippen LogP contribution in [0.15, 0.2) is 0 Å². The molecule has 92 valence electrons. The molecular weight excluding hydrogens is 208 g/mol. The Balaban J connectivity index is 2.43. The highest BCUT2D eigenvalue weighted by atomic mass is 16.4. The van der Waals surface area contributed by atoms with Gasteiger partial charge < -0.3 is 10.0 Å². The summed E-state index contributed by atoms with van der Waals surface area (Å²) in [7, 11) is 0. The molecule has 0 saturated carbocycles. The van der Waals surface area contributed by atoms with Crippen LogP contribution >= 0.6 is 0 Å². The van der Waals surface area contributed by atoms with Crippen molar-refractivity contribution < 1.29 is 14.7 Å². The molecule has 1 saturated heterocycles. The number of carbonyl (C=O) groups is 2. The number of aliphatic carboxylic acids is 1. The van der Waals surface area contributed by atoms with E-state index in [1.165, 1.54) is 6.42 Å². The van der Waals surface area contributed by atoms with E-state index in [0.29, 0.717) is 0 Å². The smallest absolute Gasteiger partial charge is 0.320 e. The lowest BCUT2D eigenvalue weighted by Gasteiger charge is -2.30. The molecule has 0 radical (unpaired) electrons. The highest BCUT2D eigenvalue weighted by Crippen LogP contribution is 2.10. The molecule has 0 bridgehead atoms. The van der Waals surface area contributed by atoms with Crippen LogP contribution in [0.4, 0.5) is 0 Å². The van der Waals surface area contributed by atoms with Crippen molar-refractivity contribution in [3.63, 3.8) is 0 Å². The van der Waals surface area contributed by atoms with Crippen molar-refractivity contribution in [2.45, 2.75) is 45.2 Å². The van der Waals surface area contributed by atoms with Gasteiger partial charge in [-0.05, 0) is 33.1 Å². The Hall–Kier alpha value is -1.10. The summed E-state index contributed by atoms with van der Waals surface area (Å²) in [6.45, 7) is 4.86. The number of piperidine rings is 1. The average Bonchev–Trinajstić information content (AvgIpc) is 2.28. The Kier molecular flexibility index (Phi) is 4.73. The van der Waals surface area contributed by atoms with Gasteiger partial charge in [-0.2, -0.15) is 0 Å². The second-order valence-corrected chi connectivity index (χ2v) is 4.33. The number of rotatable bonds is 4. The van der Waals surface area contributed by atoms with Crippen LogP contribution in [0.25, 0.3) is 0 Å². The minimum absolute atomic E-state index is 0.00722. The zero-order valence-corrected chi connectivity index (χ0v) is 9.90. The first-order valence-corrected chi connectivity index (χ1v) is 5.80. The molecule has 5 nitrogen and oxygen atoms in total. The van der Waals surface area contributed by atoms with Gasteiger partial charge in [0.2, 0.25) is 5.91 Å². The molecule has 1 heterocycles. The molecule has 0 aromatic carbocycles. The average molecular weight is 228 g/mol. The molecule has 0 aromatic rings. The fraction of sp³-hybridized carbons (Fsp3) is 0.818. The first-order valence-electron chi connectivity index (χ1n) is 5.80. The molecule has 1 fully saturated rings. The minimum atomic E-state index is -0.932. The van der Waals surface area contributed by atoms with Crippen molar-refractivity contribution in [2.75, 3.05) is 13.1 Å². The fourth-order valence-electron chi connectivity index (χ4n) is 1.91. The number of carboxylic acid groups (broad SMARTS) is 1. The summed E-state index contributed by atoms with van der Waals surface area (Å²) in [5.41, 5.74) is 0. The maximum absolute atomic E-state index is 11.9. The number of nitrogens with one attached hydrogen (secondary N) is 1. The Morgan fingerprint density at radius 2 is 1.69 bits per heavy atom. The van der Waals surface area contributed by atoms with Gasteiger partial charge in [-0.25, -0.2) is 0 Å². The van der Waals surface area contributed by atoms with Crippen LogP contribution in [0.1, 0.15) is 33.1 Å². The largest absolute Gasteiger partial charge is 0.480 e. The SMILES string of the molecule is CC(NC(C)C(=O)N1CCCCC1)C(=O)O. The van der Waals surface area contributed by atoms with E-state index in [4.69, 9.17) is 5.11 Å². The summed E-state index contributed by atoms with van der Waals surface area (Å²) in [5.74, 6) is -0.925. The molecule has 2 N–H and O–H groups in total. The van der Waals surface area contributed by atoms with E-state index < -0.39 is 18.1 Å². The Morgan fingerprint density at radius 1 is 1.12 bits per heavy atom. The predicted octanol–water partition coefficient (Wildman–Crippen LogP) is 0.450. The van der Waals surface area contributed by atoms with E-state index >= 15 is 0 Å². The van der Waals surface area contributed by atoms with Gasteiger partial charge in [0.05, 0.1) is 6.04 Å². The van der Waals surface area contributed by atoms with Crippen molar-refractivity contribution in [3.8, 4) is 0 Å². The highest BCUT2D eigenvalue weighted by Gasteiger charge is 2.24. The zero-order valence-electron chi connectivity index (χ0n) is 9.90. The summed E-state index contributed by atoms with van der Waals surface area (Å²) in [5, 5.41) is 11.5. The van der Waals surface area contributed by atoms with Gasteiger partial charge in [-0.1, -0.05) is 0 Å². The molecule has 1 aliphatic rings. The Labute approximate surface area is 95.8 Å². The van der Waals surface area contributed by atoms with Crippen LogP contribution in [0.5, 0.6) is 0 Å². The zero-order chi connectivity index (χ0) is 12.1. The van der Waals surface area contributed by atoms with E-state index in [2.05, 4.69) is 5.32 Å². The van der Waals surface area contributed by atoms with E-state index in [0.717, 1.165) is 25.9 Å². The van der Waals surface area contributed by atoms with Gasteiger partial charge >= 0.3 is 5.97 Å². The minimum Gasteiger partial charge on any atom is -0.480 e. The van der Waals surface area contributed by atoms with Gasteiger partial charge in [0.25, 0.3) is 0 Å². The van der Waals surface area contributed by atoms with Crippen LogP contribution in [0.2, 0.25) is 0 Å². The predicted molar refractivity (Wildman–Crippen MR) is 60.1 cm³/mol. The summed E-state index contributed by atoms with van der Waals surface area (Å²) >= 11 is 0. The van der Waals surface area contributed by atoms with Gasteiger partial charge in [0, 0.05) is 13.1 Å². The molecule has 16 heavy (non-hydrogen) atoms. The van der Waals surface area contributed by atoms with Crippen molar-refractivity contribution in [1.29, 1.82) is 0 Å². The molecule has 1 aliphatic heterocycles. The molecule has 5 heteroatoms. The fourth-order valence-corrected chi connectivity index (χ4v) is 1.91. The first-order chi connectivity index (χ1) is 7.52. The number of carbonyl (C=O) groups excluding carboxylic acids is 1. The van der Waals surface area contributed by atoms with Gasteiger partial charge in [-0.3, -0.25) is 14.9 Å². The van der Waals surface area contributed by atoms with Crippen molar-refractivity contribution in [1.82, 2.24) is 10.2 Å². The van der Waals surface area contributed by atoms with Crippen molar-refractivity contribution in [2.24, 2.45) is 0 Å². The van der Waals surface area contributed by atoms with E-state index in [1.807, 2.05) is 4.90 Å². The third-order valence-electron chi connectivity index (χ3n) is 2.91. The number of hydrogen-bond donors (Lipinski definition) is 2. The summed E-state index contributed by atoms with van der Waals surface area (Å²) in [6.07, 6.45) is 3.27. The van der Waals surface area contributed by atoms with Crippen LogP contribution in [0, 0.1) is 0 Å². The normalized spacial score (nSPS) is 20.2. The third-order valence-corrected chi connectivity index (χ3v) is 2.91. The van der Waals surface area contributed by atoms with Gasteiger partial charge in [0.15, 0.2) is 0 Å². The molecule has 0 aliphatic carbocycles. The Bertz CT molecular complexity index is 262. The summed E-state index contributed by atoms with van der Waals surface area (Å²) < 4.78 is 0. The lowest BCUT2D eigenvalue weighted by molar-refractivity contribution is -0.140. The van der Waals surface area contributed by atoms with Gasteiger partial charge in [0.1, 0.15) is 6.04 Å². The monoisotopic (exact) mass is 228 g/mol. The number of likely N-dealkylation sites (tertiary alicyclic amines) is 1. The summed E-state index contributed by atoms with van der Waals surface area (Å²) in [4.78, 5) is 24.4. The number of hydrogen-bond acceptors (Lipinski definition) is 3. The topological polar surface area (TPSA) is 69.6 Å². The molecular formula is C11H20N2O3. The summed E-state index contributed by atoms with van der Waals surface area (Å²) in [6, 6.07) is -1.12. The van der Waals surface area contributed by atoms with Crippen LogP contribution in [0.3, 0.4) is 0 Å². The van der Waals surface area contributed by atoms with Gasteiger partial charge in [-0.15, -0.1) is 0 Å². The lowest BCUT2D eigenvalue weighted by atomic mass is 10.1. The molecule has 0 aromatic heterocycles.